The number of carbonyl (C=O) groups is 1. The Morgan fingerprint density at radius 3 is 2.69 bits per heavy atom. The number of fused-ring (bicyclic) bond motifs is 4. The SMILES string of the molecule is CCC1(c2cccc(N3CC4CCC3CC4)c2)C2=CN=NC2NC2=C1C(=O)CC(C)(C)C2. The van der Waals surface area contributed by atoms with Gasteiger partial charge in [0.2, 0.25) is 0 Å². The van der Waals surface area contributed by atoms with Crippen LogP contribution in [0.3, 0.4) is 0 Å². The van der Waals surface area contributed by atoms with Gasteiger partial charge in [0.1, 0.15) is 0 Å². The normalized spacial score (nSPS) is 34.8. The minimum absolute atomic E-state index is 0.0335. The Balaban J connectivity index is 1.50. The molecule has 0 spiro atoms. The third-order valence-corrected chi connectivity index (χ3v) is 8.69. The monoisotopic (exact) mass is 430 g/mol. The number of rotatable bonds is 3. The van der Waals surface area contributed by atoms with Gasteiger partial charge in [-0.25, -0.2) is 0 Å². The molecule has 0 radical (unpaired) electrons. The summed E-state index contributed by atoms with van der Waals surface area (Å²) in [6.07, 6.45) is 9.44. The number of azo groups is 1. The first-order valence-corrected chi connectivity index (χ1v) is 12.4. The zero-order valence-corrected chi connectivity index (χ0v) is 19.5. The van der Waals surface area contributed by atoms with Gasteiger partial charge in [-0.15, -0.1) is 0 Å². The molecule has 1 aromatic rings. The molecular weight excluding hydrogens is 396 g/mol. The van der Waals surface area contributed by atoms with Crippen LogP contribution >= 0.6 is 0 Å². The Kier molecular flexibility index (Phi) is 4.44. The fourth-order valence-electron chi connectivity index (χ4n) is 7.22. The molecule has 4 aliphatic heterocycles. The van der Waals surface area contributed by atoms with E-state index in [2.05, 4.69) is 65.5 Å². The van der Waals surface area contributed by atoms with E-state index in [1.807, 2.05) is 6.20 Å². The van der Waals surface area contributed by atoms with Gasteiger partial charge in [0.05, 0.1) is 11.6 Å². The van der Waals surface area contributed by atoms with Crippen molar-refractivity contribution in [3.63, 3.8) is 0 Å². The van der Waals surface area contributed by atoms with Crippen molar-refractivity contribution in [2.45, 2.75) is 83.3 Å². The van der Waals surface area contributed by atoms with Gasteiger partial charge in [0, 0.05) is 41.5 Å². The van der Waals surface area contributed by atoms with Gasteiger partial charge in [0.25, 0.3) is 0 Å². The first-order valence-electron chi connectivity index (χ1n) is 12.4. The highest BCUT2D eigenvalue weighted by Gasteiger charge is 2.53. The van der Waals surface area contributed by atoms with E-state index in [-0.39, 0.29) is 17.4 Å². The summed E-state index contributed by atoms with van der Waals surface area (Å²) in [7, 11) is 0. The molecule has 1 aromatic carbocycles. The molecule has 168 valence electrons. The smallest absolute Gasteiger partial charge is 0.164 e. The van der Waals surface area contributed by atoms with Crippen LogP contribution in [0.1, 0.15) is 71.3 Å². The van der Waals surface area contributed by atoms with Gasteiger partial charge in [0.15, 0.2) is 11.9 Å². The van der Waals surface area contributed by atoms with E-state index in [1.165, 1.54) is 43.5 Å². The number of hydrogen-bond donors (Lipinski definition) is 1. The number of anilines is 1. The fourth-order valence-corrected chi connectivity index (χ4v) is 7.22. The molecular formula is C27H34N4O. The molecule has 5 heteroatoms. The lowest BCUT2D eigenvalue weighted by molar-refractivity contribution is -0.119. The topological polar surface area (TPSA) is 57.1 Å². The van der Waals surface area contributed by atoms with Crippen molar-refractivity contribution in [2.24, 2.45) is 21.6 Å². The molecule has 3 fully saturated rings. The molecule has 4 heterocycles. The van der Waals surface area contributed by atoms with Crippen LogP contribution in [0.25, 0.3) is 0 Å². The zero-order valence-electron chi connectivity index (χ0n) is 19.5. The molecule has 7 rings (SSSR count). The van der Waals surface area contributed by atoms with E-state index in [1.54, 1.807) is 0 Å². The highest BCUT2D eigenvalue weighted by molar-refractivity contribution is 6.01. The van der Waals surface area contributed by atoms with Gasteiger partial charge in [-0.2, -0.15) is 10.2 Å². The molecule has 0 amide bonds. The van der Waals surface area contributed by atoms with E-state index in [4.69, 9.17) is 0 Å². The predicted octanol–water partition coefficient (Wildman–Crippen LogP) is 5.64. The standard InChI is InChI=1S/C27H34N4O/c1-4-27(18-6-5-7-20(12-18)31-16-17-8-10-19(31)11-9-17)21-15-28-30-25(21)29-22-13-26(2,3)14-23(32)24(22)27/h5-7,12,15,17,19,25,29H,4,8-11,13-14,16H2,1-3H3. The van der Waals surface area contributed by atoms with Gasteiger partial charge in [-0.05, 0) is 67.6 Å². The molecule has 1 saturated carbocycles. The Morgan fingerprint density at radius 2 is 1.97 bits per heavy atom. The molecule has 2 saturated heterocycles. The molecule has 2 atom stereocenters. The summed E-state index contributed by atoms with van der Waals surface area (Å²) in [5.74, 6) is 1.11. The summed E-state index contributed by atoms with van der Waals surface area (Å²) in [5, 5.41) is 12.4. The number of carbonyl (C=O) groups excluding carboxylic acids is 1. The van der Waals surface area contributed by atoms with Crippen LogP contribution in [0.15, 0.2) is 57.5 Å². The third-order valence-electron chi connectivity index (χ3n) is 8.69. The Bertz CT molecular complexity index is 1060. The first-order chi connectivity index (χ1) is 15.4. The molecule has 0 aromatic heterocycles. The van der Waals surface area contributed by atoms with E-state index >= 15 is 0 Å². The van der Waals surface area contributed by atoms with Crippen LogP contribution in [-0.2, 0) is 10.2 Å². The number of nitrogens with zero attached hydrogens (tertiary/aromatic N) is 3. The molecule has 6 aliphatic rings. The highest BCUT2D eigenvalue weighted by Crippen LogP contribution is 2.54. The quantitative estimate of drug-likeness (QED) is 0.675. The second-order valence-corrected chi connectivity index (χ2v) is 11.3. The van der Waals surface area contributed by atoms with E-state index in [0.717, 1.165) is 35.6 Å². The van der Waals surface area contributed by atoms with Crippen molar-refractivity contribution in [1.82, 2.24) is 5.32 Å². The minimum atomic E-state index is -0.451. The second kappa shape index (κ2) is 7.03. The third kappa shape index (κ3) is 2.85. The number of Topliss-reactive ketones (excluding diaryl/α,β-unsaturated/α-hetero) is 1. The van der Waals surface area contributed by atoms with Crippen molar-refractivity contribution in [1.29, 1.82) is 0 Å². The van der Waals surface area contributed by atoms with Crippen LogP contribution < -0.4 is 10.2 Å². The van der Waals surface area contributed by atoms with Gasteiger partial charge < -0.3 is 10.2 Å². The van der Waals surface area contributed by atoms with Crippen LogP contribution in [0.5, 0.6) is 0 Å². The summed E-state index contributed by atoms with van der Waals surface area (Å²) in [6.45, 7) is 7.77. The minimum Gasteiger partial charge on any atom is -0.368 e. The molecule has 32 heavy (non-hydrogen) atoms. The lowest BCUT2D eigenvalue weighted by Gasteiger charge is -2.49. The maximum absolute atomic E-state index is 13.7. The fraction of sp³-hybridized carbons (Fsp3) is 0.593. The van der Waals surface area contributed by atoms with Crippen LogP contribution in [0, 0.1) is 11.3 Å². The number of allylic oxidation sites excluding steroid dienone is 2. The Hall–Kier alpha value is -2.43. The highest BCUT2D eigenvalue weighted by atomic mass is 16.1. The average molecular weight is 431 g/mol. The van der Waals surface area contributed by atoms with Crippen molar-refractivity contribution >= 4 is 11.5 Å². The molecule has 2 bridgehead atoms. The van der Waals surface area contributed by atoms with Gasteiger partial charge in [-0.3, -0.25) is 4.79 Å². The van der Waals surface area contributed by atoms with Gasteiger partial charge >= 0.3 is 0 Å². The van der Waals surface area contributed by atoms with Crippen LogP contribution in [0.2, 0.25) is 0 Å². The largest absolute Gasteiger partial charge is 0.368 e. The van der Waals surface area contributed by atoms with Crippen molar-refractivity contribution in [2.75, 3.05) is 11.4 Å². The zero-order chi connectivity index (χ0) is 22.1. The molecule has 1 N–H and O–H groups in total. The Labute approximate surface area is 191 Å². The molecule has 2 unspecified atom stereocenters. The Morgan fingerprint density at radius 1 is 1.16 bits per heavy atom. The summed E-state index contributed by atoms with van der Waals surface area (Å²) in [6, 6.07) is 9.74. The maximum Gasteiger partial charge on any atom is 0.164 e. The van der Waals surface area contributed by atoms with Gasteiger partial charge in [-0.1, -0.05) is 32.9 Å². The van der Waals surface area contributed by atoms with E-state index in [0.29, 0.717) is 12.5 Å². The van der Waals surface area contributed by atoms with E-state index in [9.17, 15) is 4.79 Å². The summed E-state index contributed by atoms with van der Waals surface area (Å²) >= 11 is 0. The van der Waals surface area contributed by atoms with Crippen LogP contribution in [0.4, 0.5) is 5.69 Å². The van der Waals surface area contributed by atoms with E-state index < -0.39 is 5.41 Å². The lowest BCUT2D eigenvalue weighted by Crippen LogP contribution is -2.51. The van der Waals surface area contributed by atoms with Crippen molar-refractivity contribution in [3.05, 3.63) is 52.9 Å². The predicted molar refractivity (Wildman–Crippen MR) is 126 cm³/mol. The molecule has 2 aliphatic carbocycles. The number of ketones is 1. The number of hydrogen-bond acceptors (Lipinski definition) is 5. The number of benzene rings is 1. The van der Waals surface area contributed by atoms with Crippen molar-refractivity contribution in [3.8, 4) is 0 Å². The summed E-state index contributed by atoms with van der Waals surface area (Å²) in [5.41, 5.74) is 5.23. The summed E-state index contributed by atoms with van der Waals surface area (Å²) < 4.78 is 0. The molecule has 5 nitrogen and oxygen atoms in total. The van der Waals surface area contributed by atoms with Crippen molar-refractivity contribution < 1.29 is 4.79 Å². The van der Waals surface area contributed by atoms with Crippen LogP contribution in [-0.4, -0.2) is 24.5 Å². The first kappa shape index (κ1) is 20.2. The second-order valence-electron chi connectivity index (χ2n) is 11.3. The number of nitrogens with one attached hydrogen (secondary N) is 1. The maximum atomic E-state index is 13.7. The lowest BCUT2D eigenvalue weighted by atomic mass is 9.59. The number of piperidine rings is 2. The average Bonchev–Trinajstić information content (AvgIpc) is 3.26. The summed E-state index contributed by atoms with van der Waals surface area (Å²) in [4.78, 5) is 16.3.